The zero-order chi connectivity index (χ0) is 20.2. The van der Waals surface area contributed by atoms with Crippen LogP contribution in [-0.4, -0.2) is 17.4 Å². The monoisotopic (exact) mass is 387 g/mol. The number of aromatic nitrogens is 1. The molecule has 1 aromatic heterocycles. The van der Waals surface area contributed by atoms with Crippen molar-refractivity contribution in [1.82, 2.24) is 5.16 Å². The van der Waals surface area contributed by atoms with Crippen LogP contribution in [0.15, 0.2) is 77.4 Å². The van der Waals surface area contributed by atoms with Gasteiger partial charge in [-0.2, -0.15) is 0 Å². The SMILES string of the molecule is COc1ccccc1-c1cnoc1-c1ccc(OCc2ccc(C)cc2)cc1O. The van der Waals surface area contributed by atoms with Crippen molar-refractivity contribution < 1.29 is 19.1 Å². The number of methoxy groups -OCH3 is 1. The van der Waals surface area contributed by atoms with Gasteiger partial charge in [-0.3, -0.25) is 0 Å². The summed E-state index contributed by atoms with van der Waals surface area (Å²) < 4.78 is 16.7. The largest absolute Gasteiger partial charge is 0.507 e. The van der Waals surface area contributed by atoms with Gasteiger partial charge in [0.05, 0.1) is 24.4 Å². The molecule has 0 radical (unpaired) electrons. The number of phenolic OH excluding ortho intramolecular Hbond substituents is 1. The summed E-state index contributed by atoms with van der Waals surface area (Å²) in [5.74, 6) is 1.80. The Morgan fingerprint density at radius 1 is 0.931 bits per heavy atom. The van der Waals surface area contributed by atoms with Gasteiger partial charge in [-0.15, -0.1) is 0 Å². The number of hydrogen-bond donors (Lipinski definition) is 1. The molecular formula is C24H21NO4. The zero-order valence-electron chi connectivity index (χ0n) is 16.3. The number of ether oxygens (including phenoxy) is 2. The lowest BCUT2D eigenvalue weighted by molar-refractivity contribution is 0.304. The highest BCUT2D eigenvalue weighted by Gasteiger charge is 2.19. The van der Waals surface area contributed by atoms with Crippen molar-refractivity contribution in [2.24, 2.45) is 0 Å². The summed E-state index contributed by atoms with van der Waals surface area (Å²) in [5, 5.41) is 14.5. The Bertz CT molecular complexity index is 1120. The fourth-order valence-electron chi connectivity index (χ4n) is 3.14. The number of phenols is 1. The smallest absolute Gasteiger partial charge is 0.178 e. The molecular weight excluding hydrogens is 366 g/mol. The van der Waals surface area contributed by atoms with Gasteiger partial charge < -0.3 is 19.1 Å². The van der Waals surface area contributed by atoms with Crippen molar-refractivity contribution in [3.05, 3.63) is 84.1 Å². The van der Waals surface area contributed by atoms with E-state index in [-0.39, 0.29) is 5.75 Å². The first-order valence-electron chi connectivity index (χ1n) is 9.25. The molecule has 0 saturated heterocycles. The highest BCUT2D eigenvalue weighted by molar-refractivity contribution is 5.84. The van der Waals surface area contributed by atoms with Crippen LogP contribution in [-0.2, 0) is 6.61 Å². The third-order valence-electron chi connectivity index (χ3n) is 4.71. The lowest BCUT2D eigenvalue weighted by Crippen LogP contribution is -1.95. The maximum atomic E-state index is 10.6. The fraction of sp³-hybridized carbons (Fsp3) is 0.125. The average molecular weight is 387 g/mol. The van der Waals surface area contributed by atoms with Crippen LogP contribution in [0.25, 0.3) is 22.5 Å². The first kappa shape index (κ1) is 18.6. The van der Waals surface area contributed by atoms with E-state index in [0.29, 0.717) is 29.4 Å². The van der Waals surface area contributed by atoms with Crippen molar-refractivity contribution in [3.8, 4) is 39.7 Å². The number of aromatic hydroxyl groups is 1. The van der Waals surface area contributed by atoms with Gasteiger partial charge in [-0.1, -0.05) is 53.2 Å². The zero-order valence-corrected chi connectivity index (χ0v) is 16.3. The van der Waals surface area contributed by atoms with Crippen molar-refractivity contribution >= 4 is 0 Å². The van der Waals surface area contributed by atoms with Gasteiger partial charge in [0.15, 0.2) is 5.76 Å². The lowest BCUT2D eigenvalue weighted by Gasteiger charge is -2.10. The van der Waals surface area contributed by atoms with Crippen LogP contribution in [0.2, 0.25) is 0 Å². The minimum Gasteiger partial charge on any atom is -0.507 e. The number of para-hydroxylation sites is 1. The normalized spacial score (nSPS) is 10.7. The number of hydrogen-bond acceptors (Lipinski definition) is 5. The Morgan fingerprint density at radius 3 is 2.48 bits per heavy atom. The van der Waals surface area contributed by atoms with E-state index in [0.717, 1.165) is 16.7 Å². The molecule has 0 amide bonds. The summed E-state index contributed by atoms with van der Waals surface area (Å²) in [6.07, 6.45) is 1.62. The van der Waals surface area contributed by atoms with E-state index < -0.39 is 0 Å². The molecule has 5 heteroatoms. The lowest BCUT2D eigenvalue weighted by atomic mass is 10.0. The predicted octanol–water partition coefficient (Wildman–Crippen LogP) is 5.61. The van der Waals surface area contributed by atoms with Crippen LogP contribution in [0.1, 0.15) is 11.1 Å². The molecule has 0 unspecified atom stereocenters. The molecule has 0 spiro atoms. The Kier molecular flexibility index (Phi) is 5.20. The molecule has 4 rings (SSSR count). The molecule has 0 atom stereocenters. The van der Waals surface area contributed by atoms with Crippen LogP contribution in [0.3, 0.4) is 0 Å². The van der Waals surface area contributed by atoms with Crippen LogP contribution < -0.4 is 9.47 Å². The highest BCUT2D eigenvalue weighted by atomic mass is 16.5. The number of benzene rings is 3. The summed E-state index contributed by atoms with van der Waals surface area (Å²) in [5.41, 5.74) is 4.38. The minimum absolute atomic E-state index is 0.0549. The van der Waals surface area contributed by atoms with Crippen molar-refractivity contribution in [1.29, 1.82) is 0 Å². The van der Waals surface area contributed by atoms with E-state index in [1.807, 2.05) is 55.5 Å². The van der Waals surface area contributed by atoms with Crippen LogP contribution in [0, 0.1) is 6.92 Å². The molecule has 0 fully saturated rings. The van der Waals surface area contributed by atoms with Gasteiger partial charge in [0.25, 0.3) is 0 Å². The first-order chi connectivity index (χ1) is 14.2. The Hall–Kier alpha value is -3.73. The van der Waals surface area contributed by atoms with Crippen LogP contribution in [0.5, 0.6) is 17.2 Å². The van der Waals surface area contributed by atoms with E-state index >= 15 is 0 Å². The second-order valence-corrected chi connectivity index (χ2v) is 6.72. The molecule has 1 N–H and O–H groups in total. The predicted molar refractivity (Wildman–Crippen MR) is 111 cm³/mol. The van der Waals surface area contributed by atoms with E-state index in [4.69, 9.17) is 14.0 Å². The van der Waals surface area contributed by atoms with E-state index in [1.54, 1.807) is 31.5 Å². The summed E-state index contributed by atoms with van der Waals surface area (Å²) in [7, 11) is 1.61. The molecule has 0 aliphatic rings. The fourth-order valence-corrected chi connectivity index (χ4v) is 3.14. The van der Waals surface area contributed by atoms with Gasteiger partial charge in [-0.05, 0) is 30.7 Å². The quantitative estimate of drug-likeness (QED) is 0.466. The summed E-state index contributed by atoms with van der Waals surface area (Å²) in [4.78, 5) is 0. The maximum Gasteiger partial charge on any atom is 0.178 e. The third-order valence-corrected chi connectivity index (χ3v) is 4.71. The molecule has 0 bridgehead atoms. The molecule has 29 heavy (non-hydrogen) atoms. The van der Waals surface area contributed by atoms with E-state index in [2.05, 4.69) is 5.16 Å². The van der Waals surface area contributed by atoms with Gasteiger partial charge in [0.1, 0.15) is 23.9 Å². The number of nitrogens with zero attached hydrogens (tertiary/aromatic N) is 1. The maximum absolute atomic E-state index is 10.6. The first-order valence-corrected chi connectivity index (χ1v) is 9.25. The molecule has 0 aliphatic heterocycles. The Balaban J connectivity index is 1.59. The second kappa shape index (κ2) is 8.10. The molecule has 1 heterocycles. The average Bonchev–Trinajstić information content (AvgIpc) is 3.22. The Labute approximate surface area is 169 Å². The van der Waals surface area contributed by atoms with Gasteiger partial charge in [0.2, 0.25) is 0 Å². The second-order valence-electron chi connectivity index (χ2n) is 6.72. The summed E-state index contributed by atoms with van der Waals surface area (Å²) >= 11 is 0. The highest BCUT2D eigenvalue weighted by Crippen LogP contribution is 2.41. The molecule has 0 saturated carbocycles. The number of aryl methyl sites for hydroxylation is 1. The van der Waals surface area contributed by atoms with Crippen molar-refractivity contribution in [3.63, 3.8) is 0 Å². The standard InChI is InChI=1S/C24H21NO4/c1-16-7-9-17(10-8-16)15-28-18-11-12-20(22(26)13-18)24-21(14-25-29-24)19-5-3-4-6-23(19)27-2/h3-14,26H,15H2,1-2H3. The van der Waals surface area contributed by atoms with Crippen LogP contribution >= 0.6 is 0 Å². The summed E-state index contributed by atoms with van der Waals surface area (Å²) in [6.45, 7) is 2.47. The van der Waals surface area contributed by atoms with Crippen molar-refractivity contribution in [2.45, 2.75) is 13.5 Å². The molecule has 146 valence electrons. The topological polar surface area (TPSA) is 64.7 Å². The molecule has 5 nitrogen and oxygen atoms in total. The molecule has 0 aliphatic carbocycles. The Morgan fingerprint density at radius 2 is 1.72 bits per heavy atom. The molecule has 4 aromatic rings. The minimum atomic E-state index is 0.0549. The van der Waals surface area contributed by atoms with Gasteiger partial charge in [-0.25, -0.2) is 0 Å². The van der Waals surface area contributed by atoms with Crippen LogP contribution in [0.4, 0.5) is 0 Å². The number of rotatable bonds is 6. The van der Waals surface area contributed by atoms with Crippen molar-refractivity contribution in [2.75, 3.05) is 7.11 Å². The van der Waals surface area contributed by atoms with Gasteiger partial charge >= 0.3 is 0 Å². The third kappa shape index (κ3) is 3.94. The van der Waals surface area contributed by atoms with Gasteiger partial charge in [0, 0.05) is 11.6 Å². The molecule has 3 aromatic carbocycles. The van der Waals surface area contributed by atoms with E-state index in [9.17, 15) is 5.11 Å². The summed E-state index contributed by atoms with van der Waals surface area (Å²) in [6, 6.07) is 20.9. The van der Waals surface area contributed by atoms with E-state index in [1.165, 1.54) is 5.56 Å².